The lowest BCUT2D eigenvalue weighted by Gasteiger charge is -2.44. The van der Waals surface area contributed by atoms with E-state index in [0.717, 1.165) is 5.56 Å². The van der Waals surface area contributed by atoms with E-state index in [-0.39, 0.29) is 5.78 Å². The molecule has 0 N–H and O–H groups in total. The molecule has 8 nitrogen and oxygen atoms in total. The van der Waals surface area contributed by atoms with Crippen LogP contribution in [-0.2, 0) is 23.9 Å². The Kier molecular flexibility index (Phi) is 4.60. The molecule has 2 saturated heterocycles. The predicted molar refractivity (Wildman–Crippen MR) is 118 cm³/mol. The molecule has 0 saturated carbocycles. The fraction of sp³-hybridized carbons (Fsp3) is 0.360. The summed E-state index contributed by atoms with van der Waals surface area (Å²) in [6.45, 7) is 4.47. The van der Waals surface area contributed by atoms with E-state index < -0.39 is 41.1 Å². The number of carbonyl (C=O) groups excluding carboxylic acids is 3. The minimum Gasteiger partial charge on any atom is -0.497 e. The van der Waals surface area contributed by atoms with Crippen molar-refractivity contribution in [1.29, 1.82) is 0 Å². The quantitative estimate of drug-likeness (QED) is 0.526. The van der Waals surface area contributed by atoms with E-state index in [2.05, 4.69) is 5.10 Å². The number of hydrazone groups is 1. The number of hydrogen-bond acceptors (Lipinski definition) is 8. The van der Waals surface area contributed by atoms with Gasteiger partial charge in [-0.3, -0.25) is 19.4 Å². The Hall–Kier alpha value is -3.68. The minimum absolute atomic E-state index is 0.223. The van der Waals surface area contributed by atoms with Gasteiger partial charge in [0, 0.05) is 19.8 Å². The molecule has 2 fully saturated rings. The van der Waals surface area contributed by atoms with Crippen LogP contribution in [0.2, 0.25) is 0 Å². The lowest BCUT2D eigenvalue weighted by molar-refractivity contribution is -0.254. The van der Waals surface area contributed by atoms with E-state index in [1.165, 1.54) is 20.8 Å². The van der Waals surface area contributed by atoms with Crippen molar-refractivity contribution in [2.45, 2.75) is 44.6 Å². The van der Waals surface area contributed by atoms with E-state index in [9.17, 15) is 14.4 Å². The molecule has 0 bridgehead atoms. The smallest absolute Gasteiger partial charge is 0.330 e. The van der Waals surface area contributed by atoms with Crippen LogP contribution in [0.25, 0.3) is 0 Å². The standard InChI is InChI=1S/C25H24N2O6/c1-14(28)20-19(15-9-11-17(31-4)12-10-15)25(22(29)32-24(2,3)33-23(25)30)21-18-8-6-5-7-16(18)13-26-27(20)21/h5-13,19-21H,1-4H3/t19-,20-,21?/m1/s1. The highest BCUT2D eigenvalue weighted by molar-refractivity contribution is 6.07. The third kappa shape index (κ3) is 2.90. The van der Waals surface area contributed by atoms with Crippen molar-refractivity contribution in [2.24, 2.45) is 10.5 Å². The zero-order chi connectivity index (χ0) is 23.5. The fourth-order valence-electron chi connectivity index (χ4n) is 5.35. The third-order valence-electron chi connectivity index (χ3n) is 6.65. The Morgan fingerprint density at radius 2 is 1.67 bits per heavy atom. The molecule has 8 heteroatoms. The molecule has 0 amide bonds. The van der Waals surface area contributed by atoms with Crippen LogP contribution in [0.3, 0.4) is 0 Å². The number of hydrogen-bond donors (Lipinski definition) is 0. The number of carbonyl (C=O) groups is 3. The van der Waals surface area contributed by atoms with Crippen LogP contribution in [0.5, 0.6) is 5.75 Å². The molecule has 3 heterocycles. The second kappa shape index (κ2) is 7.16. The van der Waals surface area contributed by atoms with Crippen LogP contribution in [0.15, 0.2) is 53.6 Å². The molecule has 3 aliphatic rings. The van der Waals surface area contributed by atoms with Gasteiger partial charge in [-0.05, 0) is 35.7 Å². The first-order chi connectivity index (χ1) is 15.7. The molecule has 2 aromatic rings. The highest BCUT2D eigenvalue weighted by Gasteiger charge is 2.74. The van der Waals surface area contributed by atoms with Gasteiger partial charge in [-0.2, -0.15) is 5.10 Å². The summed E-state index contributed by atoms with van der Waals surface area (Å²) >= 11 is 0. The van der Waals surface area contributed by atoms with E-state index in [1.807, 2.05) is 24.3 Å². The Balaban J connectivity index is 1.81. The topological polar surface area (TPSA) is 94.5 Å². The van der Waals surface area contributed by atoms with Crippen LogP contribution in [0.4, 0.5) is 0 Å². The summed E-state index contributed by atoms with van der Waals surface area (Å²) in [5.41, 5.74) is 0.269. The monoisotopic (exact) mass is 448 g/mol. The molecule has 0 aliphatic carbocycles. The van der Waals surface area contributed by atoms with Gasteiger partial charge in [0.1, 0.15) is 17.8 Å². The molecule has 0 aromatic heterocycles. The average Bonchev–Trinajstić information content (AvgIpc) is 3.10. The summed E-state index contributed by atoms with van der Waals surface area (Å²) < 4.78 is 16.6. The fourth-order valence-corrected chi connectivity index (χ4v) is 5.35. The summed E-state index contributed by atoms with van der Waals surface area (Å²) in [6.07, 6.45) is 1.65. The number of fused-ring (bicyclic) bond motifs is 4. The predicted octanol–water partition coefficient (Wildman–Crippen LogP) is 2.96. The molecule has 1 spiro atoms. The van der Waals surface area contributed by atoms with Crippen LogP contribution in [-0.4, -0.2) is 47.9 Å². The third-order valence-corrected chi connectivity index (χ3v) is 6.65. The molecule has 3 aliphatic heterocycles. The summed E-state index contributed by atoms with van der Waals surface area (Å²) in [5.74, 6) is -3.36. The molecule has 2 aromatic carbocycles. The number of benzene rings is 2. The second-order valence-corrected chi connectivity index (χ2v) is 9.01. The largest absolute Gasteiger partial charge is 0.497 e. The average molecular weight is 448 g/mol. The lowest BCUT2D eigenvalue weighted by Crippen LogP contribution is -2.58. The number of methoxy groups -OCH3 is 1. The number of ether oxygens (including phenoxy) is 3. The first-order valence-electron chi connectivity index (χ1n) is 10.7. The van der Waals surface area contributed by atoms with Gasteiger partial charge in [0.2, 0.25) is 5.41 Å². The molecular formula is C25H24N2O6. The van der Waals surface area contributed by atoms with E-state index in [4.69, 9.17) is 14.2 Å². The summed E-state index contributed by atoms with van der Waals surface area (Å²) in [4.78, 5) is 40.7. The molecule has 5 rings (SSSR count). The van der Waals surface area contributed by atoms with E-state index in [1.54, 1.807) is 42.6 Å². The number of ketones is 1. The van der Waals surface area contributed by atoms with Crippen LogP contribution in [0, 0.1) is 5.41 Å². The van der Waals surface area contributed by atoms with Crippen molar-refractivity contribution < 1.29 is 28.6 Å². The van der Waals surface area contributed by atoms with Crippen LogP contribution in [0.1, 0.15) is 49.4 Å². The van der Waals surface area contributed by atoms with Gasteiger partial charge in [-0.1, -0.05) is 36.4 Å². The lowest BCUT2D eigenvalue weighted by atomic mass is 9.65. The normalized spacial score (nSPS) is 26.3. The summed E-state index contributed by atoms with van der Waals surface area (Å²) in [7, 11) is 1.55. The number of Topliss-reactive ketones (excluding diaryl/α,β-unsaturated/α-hetero) is 1. The number of rotatable bonds is 3. The number of esters is 2. The van der Waals surface area contributed by atoms with E-state index >= 15 is 0 Å². The van der Waals surface area contributed by atoms with Gasteiger partial charge in [0.15, 0.2) is 5.78 Å². The summed E-state index contributed by atoms with van der Waals surface area (Å²) in [6, 6.07) is 12.6. The SMILES string of the molecule is COc1ccc([C@@H]2[C@@H](C(C)=O)N3N=Cc4ccccc4C3C23C(=O)OC(C)(C)OC3=O)cc1. The molecule has 33 heavy (non-hydrogen) atoms. The highest BCUT2D eigenvalue weighted by Crippen LogP contribution is 2.62. The van der Waals surface area contributed by atoms with Gasteiger partial charge in [-0.25, -0.2) is 0 Å². The Bertz CT molecular complexity index is 1170. The Morgan fingerprint density at radius 3 is 2.27 bits per heavy atom. The van der Waals surface area contributed by atoms with Crippen LogP contribution >= 0.6 is 0 Å². The van der Waals surface area contributed by atoms with Gasteiger partial charge in [-0.15, -0.1) is 0 Å². The van der Waals surface area contributed by atoms with Crippen molar-refractivity contribution in [2.75, 3.05) is 7.11 Å². The molecule has 1 unspecified atom stereocenters. The highest BCUT2D eigenvalue weighted by atomic mass is 16.7. The minimum atomic E-state index is -1.83. The van der Waals surface area contributed by atoms with Crippen molar-refractivity contribution in [3.05, 3.63) is 65.2 Å². The van der Waals surface area contributed by atoms with Gasteiger partial charge in [0.05, 0.1) is 13.3 Å². The Morgan fingerprint density at radius 1 is 1.03 bits per heavy atom. The zero-order valence-corrected chi connectivity index (χ0v) is 18.8. The summed E-state index contributed by atoms with van der Waals surface area (Å²) in [5, 5.41) is 6.12. The number of nitrogens with zero attached hydrogens (tertiary/aromatic N) is 2. The second-order valence-electron chi connectivity index (χ2n) is 9.01. The van der Waals surface area contributed by atoms with Gasteiger partial charge in [0.25, 0.3) is 5.79 Å². The zero-order valence-electron chi connectivity index (χ0n) is 18.8. The molecule has 170 valence electrons. The van der Waals surface area contributed by atoms with Crippen molar-refractivity contribution >= 4 is 23.9 Å². The number of cyclic esters (lactones) is 2. The molecular weight excluding hydrogens is 424 g/mol. The first kappa shape index (κ1) is 21.2. The molecule has 0 radical (unpaired) electrons. The maximum Gasteiger partial charge on any atom is 0.330 e. The van der Waals surface area contributed by atoms with E-state index in [0.29, 0.717) is 16.9 Å². The van der Waals surface area contributed by atoms with Crippen molar-refractivity contribution in [3.8, 4) is 5.75 Å². The van der Waals surface area contributed by atoms with Crippen molar-refractivity contribution in [1.82, 2.24) is 5.01 Å². The maximum absolute atomic E-state index is 13.8. The van der Waals surface area contributed by atoms with Gasteiger partial charge >= 0.3 is 11.9 Å². The van der Waals surface area contributed by atoms with Gasteiger partial charge < -0.3 is 14.2 Å². The maximum atomic E-state index is 13.8. The van der Waals surface area contributed by atoms with Crippen LogP contribution < -0.4 is 4.74 Å². The molecule has 3 atom stereocenters. The van der Waals surface area contributed by atoms with Crippen molar-refractivity contribution in [3.63, 3.8) is 0 Å². The first-order valence-corrected chi connectivity index (χ1v) is 10.7. The Labute approximate surface area is 191 Å².